The fraction of sp³-hybridized carbons (Fsp3) is 0.625. The third-order valence-electron chi connectivity index (χ3n) is 1.98. The molecule has 0 bridgehead atoms. The number of thioether (sulfide) groups is 1. The number of aromatic amines is 1. The Hall–Kier alpha value is -0.440. The first-order valence-electron chi connectivity index (χ1n) is 4.04. The maximum atomic E-state index is 4.50. The van der Waals surface area contributed by atoms with E-state index in [2.05, 4.69) is 16.9 Å². The van der Waals surface area contributed by atoms with E-state index in [-0.39, 0.29) is 0 Å². The summed E-state index contributed by atoms with van der Waals surface area (Å²) in [5.41, 5.74) is 2.67. The average Bonchev–Trinajstić information content (AvgIpc) is 2.46. The predicted molar refractivity (Wildman–Crippen MR) is 47.8 cm³/mol. The molecule has 1 aromatic heterocycles. The molecule has 1 aliphatic rings. The van der Waals surface area contributed by atoms with Crippen molar-refractivity contribution >= 4 is 11.8 Å². The number of nitrogens with one attached hydrogen (secondary N) is 1. The Kier molecular flexibility index (Phi) is 1.90. The second-order valence-electron chi connectivity index (χ2n) is 2.76. The third kappa shape index (κ3) is 1.29. The topological polar surface area (TPSA) is 28.7 Å². The van der Waals surface area contributed by atoms with E-state index < -0.39 is 0 Å². The molecule has 0 saturated heterocycles. The smallest absolute Gasteiger partial charge is 0.106 e. The third-order valence-corrected chi connectivity index (χ3v) is 2.96. The maximum Gasteiger partial charge on any atom is 0.106 e. The SMILES string of the molecule is CCc1nc2c([nH]1)CSCC2. The van der Waals surface area contributed by atoms with Gasteiger partial charge in [0.2, 0.25) is 0 Å². The second kappa shape index (κ2) is 2.89. The monoisotopic (exact) mass is 168 g/mol. The van der Waals surface area contributed by atoms with Gasteiger partial charge >= 0.3 is 0 Å². The number of nitrogens with zero attached hydrogens (tertiary/aromatic N) is 1. The highest BCUT2D eigenvalue weighted by Gasteiger charge is 2.13. The highest BCUT2D eigenvalue weighted by Crippen LogP contribution is 2.22. The van der Waals surface area contributed by atoms with Crippen molar-refractivity contribution in [2.75, 3.05) is 5.75 Å². The van der Waals surface area contributed by atoms with Crippen LogP contribution in [0.25, 0.3) is 0 Å². The van der Waals surface area contributed by atoms with Gasteiger partial charge in [-0.05, 0) is 5.75 Å². The van der Waals surface area contributed by atoms with Gasteiger partial charge in [-0.15, -0.1) is 0 Å². The van der Waals surface area contributed by atoms with Gasteiger partial charge in [-0.2, -0.15) is 11.8 Å². The molecule has 2 nitrogen and oxygen atoms in total. The molecule has 2 rings (SSSR count). The quantitative estimate of drug-likeness (QED) is 0.692. The Morgan fingerprint density at radius 1 is 1.64 bits per heavy atom. The summed E-state index contributed by atoms with van der Waals surface area (Å²) >= 11 is 1.99. The normalized spacial score (nSPS) is 16.5. The molecule has 2 heterocycles. The molecule has 1 N–H and O–H groups in total. The molecule has 60 valence electrons. The van der Waals surface area contributed by atoms with Gasteiger partial charge in [0.15, 0.2) is 0 Å². The lowest BCUT2D eigenvalue weighted by Crippen LogP contribution is -2.00. The number of hydrogen-bond acceptors (Lipinski definition) is 2. The molecule has 0 fully saturated rings. The van der Waals surface area contributed by atoms with E-state index in [1.54, 1.807) is 0 Å². The number of aromatic nitrogens is 2. The summed E-state index contributed by atoms with van der Waals surface area (Å²) in [7, 11) is 0. The number of rotatable bonds is 1. The predicted octanol–water partition coefficient (Wildman–Crippen LogP) is 1.76. The van der Waals surface area contributed by atoms with Crippen molar-refractivity contribution < 1.29 is 0 Å². The molecule has 0 spiro atoms. The number of hydrogen-bond donors (Lipinski definition) is 1. The van der Waals surface area contributed by atoms with Crippen molar-refractivity contribution in [2.24, 2.45) is 0 Å². The van der Waals surface area contributed by atoms with Crippen molar-refractivity contribution in [3.8, 4) is 0 Å². The Morgan fingerprint density at radius 2 is 2.55 bits per heavy atom. The van der Waals surface area contributed by atoms with Gasteiger partial charge in [-0.1, -0.05) is 6.92 Å². The first-order valence-corrected chi connectivity index (χ1v) is 5.20. The summed E-state index contributed by atoms with van der Waals surface area (Å²) in [6.07, 6.45) is 2.17. The van der Waals surface area contributed by atoms with Crippen LogP contribution in [0.1, 0.15) is 24.1 Å². The number of aryl methyl sites for hydroxylation is 2. The largest absolute Gasteiger partial charge is 0.345 e. The molecule has 0 saturated carbocycles. The molecular weight excluding hydrogens is 156 g/mol. The number of imidazole rings is 1. The molecule has 0 unspecified atom stereocenters. The molecular formula is C8H12N2S. The molecule has 0 amide bonds. The van der Waals surface area contributed by atoms with E-state index in [9.17, 15) is 0 Å². The van der Waals surface area contributed by atoms with Crippen molar-refractivity contribution in [1.82, 2.24) is 9.97 Å². The minimum absolute atomic E-state index is 1.03. The second-order valence-corrected chi connectivity index (χ2v) is 3.87. The number of H-pyrrole nitrogens is 1. The van der Waals surface area contributed by atoms with Crippen LogP contribution in [0.2, 0.25) is 0 Å². The van der Waals surface area contributed by atoms with E-state index in [1.807, 2.05) is 11.8 Å². The minimum Gasteiger partial charge on any atom is -0.345 e. The van der Waals surface area contributed by atoms with Gasteiger partial charge in [-0.3, -0.25) is 0 Å². The van der Waals surface area contributed by atoms with Crippen LogP contribution in [0.5, 0.6) is 0 Å². The molecule has 1 aliphatic heterocycles. The lowest BCUT2D eigenvalue weighted by molar-refractivity contribution is 0.966. The Morgan fingerprint density at radius 3 is 3.27 bits per heavy atom. The van der Waals surface area contributed by atoms with Crippen LogP contribution in [-0.4, -0.2) is 15.7 Å². The van der Waals surface area contributed by atoms with E-state index in [1.165, 1.54) is 17.1 Å². The lowest BCUT2D eigenvalue weighted by Gasteiger charge is -2.07. The Bertz CT molecular complexity index is 231. The molecule has 0 atom stereocenters. The summed E-state index contributed by atoms with van der Waals surface area (Å²) in [6, 6.07) is 0. The summed E-state index contributed by atoms with van der Waals surface area (Å²) in [4.78, 5) is 7.85. The van der Waals surface area contributed by atoms with Crippen molar-refractivity contribution in [2.45, 2.75) is 25.5 Å². The molecule has 11 heavy (non-hydrogen) atoms. The fourth-order valence-corrected chi connectivity index (χ4v) is 2.27. The summed E-state index contributed by atoms with van der Waals surface area (Å²) in [6.45, 7) is 2.14. The minimum atomic E-state index is 1.03. The van der Waals surface area contributed by atoms with E-state index in [0.29, 0.717) is 0 Å². The van der Waals surface area contributed by atoms with Crippen molar-refractivity contribution in [3.63, 3.8) is 0 Å². The highest BCUT2D eigenvalue weighted by atomic mass is 32.2. The lowest BCUT2D eigenvalue weighted by atomic mass is 10.3. The molecule has 0 aromatic carbocycles. The summed E-state index contributed by atoms with van der Waals surface area (Å²) < 4.78 is 0. The van der Waals surface area contributed by atoms with Crippen LogP contribution in [0.4, 0.5) is 0 Å². The Labute approximate surface area is 70.8 Å². The molecule has 0 aliphatic carbocycles. The van der Waals surface area contributed by atoms with Crippen LogP contribution < -0.4 is 0 Å². The summed E-state index contributed by atoms with van der Waals surface area (Å²) in [5, 5.41) is 0. The van der Waals surface area contributed by atoms with E-state index >= 15 is 0 Å². The zero-order valence-electron chi connectivity index (χ0n) is 6.68. The number of fused-ring (bicyclic) bond motifs is 1. The van der Waals surface area contributed by atoms with E-state index in [0.717, 1.165) is 24.4 Å². The Balaban J connectivity index is 2.32. The van der Waals surface area contributed by atoms with Crippen molar-refractivity contribution in [3.05, 3.63) is 17.2 Å². The van der Waals surface area contributed by atoms with Gasteiger partial charge in [-0.25, -0.2) is 4.98 Å². The van der Waals surface area contributed by atoms with Gasteiger partial charge in [0.1, 0.15) is 5.82 Å². The first-order chi connectivity index (χ1) is 5.40. The first kappa shape index (κ1) is 7.22. The van der Waals surface area contributed by atoms with Gasteiger partial charge in [0.25, 0.3) is 0 Å². The van der Waals surface area contributed by atoms with Crippen LogP contribution in [-0.2, 0) is 18.6 Å². The zero-order valence-corrected chi connectivity index (χ0v) is 7.50. The molecule has 3 heteroatoms. The zero-order chi connectivity index (χ0) is 7.68. The van der Waals surface area contributed by atoms with Crippen LogP contribution >= 0.6 is 11.8 Å². The fourth-order valence-electron chi connectivity index (χ4n) is 1.34. The molecule has 1 aromatic rings. The van der Waals surface area contributed by atoms with Gasteiger partial charge < -0.3 is 4.98 Å². The standard InChI is InChI=1S/C8H12N2S/c1-2-8-9-6-3-4-11-5-7(6)10-8/h2-5H2,1H3,(H,9,10). The molecule has 0 radical (unpaired) electrons. The van der Waals surface area contributed by atoms with Gasteiger partial charge in [0, 0.05) is 24.3 Å². The van der Waals surface area contributed by atoms with Crippen LogP contribution in [0.15, 0.2) is 0 Å². The maximum absolute atomic E-state index is 4.50. The average molecular weight is 168 g/mol. The van der Waals surface area contributed by atoms with Gasteiger partial charge in [0.05, 0.1) is 5.69 Å². The summed E-state index contributed by atoms with van der Waals surface area (Å²) in [5.74, 6) is 3.51. The highest BCUT2D eigenvalue weighted by molar-refractivity contribution is 7.98. The van der Waals surface area contributed by atoms with Crippen LogP contribution in [0, 0.1) is 0 Å². The van der Waals surface area contributed by atoms with E-state index in [4.69, 9.17) is 0 Å². The van der Waals surface area contributed by atoms with Crippen LogP contribution in [0.3, 0.4) is 0 Å². The van der Waals surface area contributed by atoms with Crippen molar-refractivity contribution in [1.29, 1.82) is 0 Å².